The van der Waals surface area contributed by atoms with E-state index < -0.39 is 11.2 Å². The second-order valence-electron chi connectivity index (χ2n) is 2.16. The normalized spacial score (nSPS) is 9.14. The Morgan fingerprint density at radius 3 is 2.79 bits per heavy atom. The van der Waals surface area contributed by atoms with Crippen LogP contribution in [-0.2, 0) is 4.84 Å². The van der Waals surface area contributed by atoms with Crippen LogP contribution in [0.5, 0.6) is 11.5 Å². The minimum absolute atomic E-state index is 0.0446. The summed E-state index contributed by atoms with van der Waals surface area (Å²) in [5.41, 5.74) is 0. The average molecular weight is 199 g/mol. The molecule has 0 saturated heterocycles. The zero-order valence-corrected chi connectivity index (χ0v) is 6.75. The van der Waals surface area contributed by atoms with E-state index in [1.807, 2.05) is 0 Å². The lowest BCUT2D eigenvalue weighted by Gasteiger charge is -2.01. The number of carbonyl (C=O) groups excluding carboxylic acids is 1. The SMILES string of the molecule is O=C(Oc1cccc(O)c1)O[N+](=O)[O-]. The van der Waals surface area contributed by atoms with E-state index in [2.05, 4.69) is 9.57 Å². The molecule has 0 unspecified atom stereocenters. The van der Waals surface area contributed by atoms with Crippen LogP contribution < -0.4 is 4.74 Å². The van der Waals surface area contributed by atoms with Crippen LogP contribution in [-0.4, -0.2) is 16.3 Å². The molecular formula is C7H5NO6. The van der Waals surface area contributed by atoms with E-state index in [4.69, 9.17) is 5.11 Å². The molecule has 0 aliphatic rings. The highest BCUT2D eigenvalue weighted by atomic mass is 17.0. The Balaban J connectivity index is 2.60. The zero-order chi connectivity index (χ0) is 10.6. The first-order valence-corrected chi connectivity index (χ1v) is 3.41. The predicted molar refractivity (Wildman–Crippen MR) is 42.2 cm³/mol. The van der Waals surface area contributed by atoms with E-state index in [0.717, 1.165) is 6.07 Å². The lowest BCUT2D eigenvalue weighted by atomic mass is 10.3. The molecule has 0 radical (unpaired) electrons. The maximum absolute atomic E-state index is 10.6. The summed E-state index contributed by atoms with van der Waals surface area (Å²) in [6.07, 6.45) is -1.47. The number of rotatable bonds is 2. The van der Waals surface area contributed by atoms with Crippen LogP contribution in [0.15, 0.2) is 24.3 Å². The van der Waals surface area contributed by atoms with Crippen molar-refractivity contribution in [3.63, 3.8) is 0 Å². The van der Waals surface area contributed by atoms with Gasteiger partial charge in [-0.2, -0.15) is 4.84 Å². The monoisotopic (exact) mass is 199 g/mol. The van der Waals surface area contributed by atoms with Gasteiger partial charge in [0.05, 0.1) is 0 Å². The Hall–Kier alpha value is -2.31. The van der Waals surface area contributed by atoms with E-state index in [1.54, 1.807) is 0 Å². The number of benzene rings is 1. The van der Waals surface area contributed by atoms with Crippen molar-refractivity contribution >= 4 is 6.16 Å². The van der Waals surface area contributed by atoms with Gasteiger partial charge in [0.25, 0.3) is 0 Å². The van der Waals surface area contributed by atoms with Crippen LogP contribution in [0, 0.1) is 10.1 Å². The van der Waals surface area contributed by atoms with Gasteiger partial charge in [0.1, 0.15) is 11.5 Å². The fraction of sp³-hybridized carbons (Fsp3) is 0. The summed E-state index contributed by atoms with van der Waals surface area (Å²) in [5.74, 6) is -0.173. The van der Waals surface area contributed by atoms with Crippen molar-refractivity contribution in [3.05, 3.63) is 34.4 Å². The fourth-order valence-corrected chi connectivity index (χ4v) is 0.723. The van der Waals surface area contributed by atoms with Gasteiger partial charge >= 0.3 is 11.2 Å². The minimum Gasteiger partial charge on any atom is -0.508 e. The number of hydrogen-bond acceptors (Lipinski definition) is 6. The number of phenols is 1. The van der Waals surface area contributed by atoms with E-state index in [9.17, 15) is 14.9 Å². The molecule has 1 rings (SSSR count). The number of aromatic hydroxyl groups is 1. The van der Waals surface area contributed by atoms with Crippen LogP contribution in [0.2, 0.25) is 0 Å². The number of ether oxygens (including phenoxy) is 1. The summed E-state index contributed by atoms with van der Waals surface area (Å²) in [6.45, 7) is 0. The molecule has 7 nitrogen and oxygen atoms in total. The first-order chi connectivity index (χ1) is 6.58. The number of phenolic OH excluding ortho intramolecular Hbond substituents is 1. The van der Waals surface area contributed by atoms with E-state index in [0.29, 0.717) is 0 Å². The smallest absolute Gasteiger partial charge is 0.491 e. The van der Waals surface area contributed by atoms with Crippen LogP contribution >= 0.6 is 0 Å². The standard InChI is InChI=1S/C7H5NO6/c9-5-2-1-3-6(4-5)13-7(10)14-8(11)12/h1-4,9H. The number of hydrogen-bond donors (Lipinski definition) is 1. The number of nitrogens with zero attached hydrogens (tertiary/aromatic N) is 1. The van der Waals surface area contributed by atoms with Gasteiger partial charge in [0, 0.05) is 6.07 Å². The van der Waals surface area contributed by atoms with Crippen molar-refractivity contribution < 1.29 is 24.6 Å². The molecule has 1 aromatic rings. The number of carbonyl (C=O) groups is 1. The Labute approximate surface area is 77.6 Å². The molecule has 1 aromatic carbocycles. The quantitative estimate of drug-likeness (QED) is 0.331. The maximum Gasteiger partial charge on any atom is 0.491 e. The molecular weight excluding hydrogens is 194 g/mol. The van der Waals surface area contributed by atoms with Crippen LogP contribution in [0.1, 0.15) is 0 Å². The van der Waals surface area contributed by atoms with Crippen molar-refractivity contribution in [3.8, 4) is 11.5 Å². The molecule has 1 N–H and O–H groups in total. The molecule has 0 spiro atoms. The third kappa shape index (κ3) is 2.97. The predicted octanol–water partition coefficient (Wildman–Crippen LogP) is 1.10. The van der Waals surface area contributed by atoms with Crippen molar-refractivity contribution in [2.45, 2.75) is 0 Å². The fourth-order valence-electron chi connectivity index (χ4n) is 0.723. The molecule has 0 aliphatic heterocycles. The Kier molecular flexibility index (Phi) is 2.85. The Morgan fingerprint density at radius 1 is 1.50 bits per heavy atom. The maximum atomic E-state index is 10.6. The summed E-state index contributed by atoms with van der Waals surface area (Å²) < 4.78 is 4.34. The van der Waals surface area contributed by atoms with Crippen LogP contribution in [0.25, 0.3) is 0 Å². The summed E-state index contributed by atoms with van der Waals surface area (Å²) in [7, 11) is 0. The van der Waals surface area contributed by atoms with Gasteiger partial charge in [0.15, 0.2) is 0 Å². The summed E-state index contributed by atoms with van der Waals surface area (Å²) in [6, 6.07) is 5.21. The van der Waals surface area contributed by atoms with Crippen molar-refractivity contribution in [2.75, 3.05) is 0 Å². The summed E-state index contributed by atoms with van der Waals surface area (Å²) in [4.78, 5) is 23.7. The first kappa shape index (κ1) is 9.78. The molecule has 74 valence electrons. The van der Waals surface area contributed by atoms with Crippen molar-refractivity contribution in [2.24, 2.45) is 0 Å². The molecule has 0 aromatic heterocycles. The Morgan fingerprint density at radius 2 is 2.21 bits per heavy atom. The molecule has 14 heavy (non-hydrogen) atoms. The third-order valence-corrected chi connectivity index (χ3v) is 1.17. The largest absolute Gasteiger partial charge is 0.508 e. The van der Waals surface area contributed by atoms with E-state index >= 15 is 0 Å². The lowest BCUT2D eigenvalue weighted by molar-refractivity contribution is -0.729. The van der Waals surface area contributed by atoms with Crippen LogP contribution in [0.3, 0.4) is 0 Å². The highest BCUT2D eigenvalue weighted by molar-refractivity contribution is 5.63. The second-order valence-corrected chi connectivity index (χ2v) is 2.16. The van der Waals surface area contributed by atoms with Gasteiger partial charge in [-0.05, 0) is 12.1 Å². The molecule has 0 atom stereocenters. The topological polar surface area (TPSA) is 98.9 Å². The van der Waals surface area contributed by atoms with Gasteiger partial charge in [-0.25, -0.2) is 4.79 Å². The van der Waals surface area contributed by atoms with E-state index in [-0.39, 0.29) is 11.5 Å². The molecule has 7 heteroatoms. The molecule has 0 bridgehead atoms. The molecule has 0 fully saturated rings. The van der Waals surface area contributed by atoms with Crippen molar-refractivity contribution in [1.82, 2.24) is 0 Å². The molecule has 0 saturated carbocycles. The van der Waals surface area contributed by atoms with Gasteiger partial charge in [-0.3, -0.25) is 0 Å². The first-order valence-electron chi connectivity index (χ1n) is 3.41. The van der Waals surface area contributed by atoms with Gasteiger partial charge < -0.3 is 9.84 Å². The van der Waals surface area contributed by atoms with Gasteiger partial charge in [-0.15, -0.1) is 10.1 Å². The van der Waals surface area contributed by atoms with E-state index in [1.165, 1.54) is 18.2 Å². The lowest BCUT2D eigenvalue weighted by Crippen LogP contribution is -2.14. The molecule has 0 heterocycles. The third-order valence-electron chi connectivity index (χ3n) is 1.17. The zero-order valence-electron chi connectivity index (χ0n) is 6.75. The molecule has 0 aliphatic carbocycles. The summed E-state index contributed by atoms with van der Waals surface area (Å²) in [5, 5.41) is 17.4. The van der Waals surface area contributed by atoms with Gasteiger partial charge in [-0.1, -0.05) is 6.07 Å². The highest BCUT2D eigenvalue weighted by Gasteiger charge is 2.09. The summed E-state index contributed by atoms with van der Waals surface area (Å²) >= 11 is 0. The minimum atomic E-state index is -1.47. The highest BCUT2D eigenvalue weighted by Crippen LogP contribution is 2.17. The van der Waals surface area contributed by atoms with Gasteiger partial charge in [0.2, 0.25) is 0 Å². The van der Waals surface area contributed by atoms with Crippen LogP contribution in [0.4, 0.5) is 4.79 Å². The van der Waals surface area contributed by atoms with Crippen molar-refractivity contribution in [1.29, 1.82) is 0 Å². The second kappa shape index (κ2) is 4.08. The average Bonchev–Trinajstić information content (AvgIpc) is 2.01. The molecule has 0 amide bonds. The Bertz CT molecular complexity index is 363.